The topological polar surface area (TPSA) is 69.8 Å². The quantitative estimate of drug-likeness (QED) is 0.797. The van der Waals surface area contributed by atoms with Gasteiger partial charge in [0.1, 0.15) is 0 Å². The molecule has 19 heavy (non-hydrogen) atoms. The van der Waals surface area contributed by atoms with Gasteiger partial charge in [0.05, 0.1) is 17.4 Å². The number of anilines is 2. The Bertz CT molecular complexity index is 483. The van der Waals surface area contributed by atoms with Gasteiger partial charge in [0.15, 0.2) is 0 Å². The first-order chi connectivity index (χ1) is 9.16. The summed E-state index contributed by atoms with van der Waals surface area (Å²) in [6.45, 7) is 3.02. The zero-order valence-corrected chi connectivity index (χ0v) is 10.8. The lowest BCUT2D eigenvalue weighted by atomic mass is 9.83. The molecule has 3 aliphatic heterocycles. The van der Waals surface area contributed by atoms with Crippen LogP contribution in [0.2, 0.25) is 0 Å². The molecule has 1 aromatic rings. The lowest BCUT2D eigenvalue weighted by molar-refractivity contribution is 0.0838. The Labute approximate surface area is 112 Å². The maximum Gasteiger partial charge on any atom is 0.412 e. The molecular formula is C14H19N3O2. The first-order valence-electron chi connectivity index (χ1n) is 6.76. The number of hydrogen-bond acceptors (Lipinski definition) is 3. The maximum atomic E-state index is 11.7. The Kier molecular flexibility index (Phi) is 3.06. The third-order valence-electron chi connectivity index (χ3n) is 4.36. The number of carboxylic acid groups (broad SMARTS) is 1. The second-order valence-corrected chi connectivity index (χ2v) is 5.42. The average molecular weight is 261 g/mol. The van der Waals surface area contributed by atoms with Crippen molar-refractivity contribution < 1.29 is 9.90 Å². The van der Waals surface area contributed by atoms with Gasteiger partial charge in [0.25, 0.3) is 0 Å². The van der Waals surface area contributed by atoms with Gasteiger partial charge in [0, 0.05) is 6.54 Å². The number of hydrogen-bond donors (Lipinski definition) is 2. The summed E-state index contributed by atoms with van der Waals surface area (Å²) in [4.78, 5) is 15.5. The van der Waals surface area contributed by atoms with Gasteiger partial charge in [-0.2, -0.15) is 0 Å². The Balaban J connectivity index is 1.94. The number of rotatable bonds is 2. The summed E-state index contributed by atoms with van der Waals surface area (Å²) in [6.07, 6.45) is 1.26. The molecule has 4 rings (SSSR count). The zero-order valence-electron chi connectivity index (χ0n) is 10.8. The number of nitrogen functional groups attached to an aromatic ring is 1. The highest BCUT2D eigenvalue weighted by Crippen LogP contribution is 2.35. The van der Waals surface area contributed by atoms with E-state index in [4.69, 9.17) is 5.73 Å². The second-order valence-electron chi connectivity index (χ2n) is 5.42. The summed E-state index contributed by atoms with van der Waals surface area (Å²) in [6, 6.07) is 7.25. The molecule has 0 spiro atoms. The molecule has 1 aromatic carbocycles. The van der Waals surface area contributed by atoms with Crippen molar-refractivity contribution >= 4 is 17.5 Å². The molecule has 3 fully saturated rings. The number of amides is 1. The Morgan fingerprint density at radius 3 is 2.53 bits per heavy atom. The maximum absolute atomic E-state index is 11.7. The molecule has 3 heterocycles. The second kappa shape index (κ2) is 4.74. The van der Waals surface area contributed by atoms with Crippen LogP contribution in [-0.2, 0) is 0 Å². The highest BCUT2D eigenvalue weighted by Gasteiger charge is 2.40. The normalized spacial score (nSPS) is 29.2. The van der Waals surface area contributed by atoms with E-state index in [1.807, 2.05) is 12.1 Å². The summed E-state index contributed by atoms with van der Waals surface area (Å²) in [5.41, 5.74) is 7.09. The summed E-state index contributed by atoms with van der Waals surface area (Å²) >= 11 is 0. The van der Waals surface area contributed by atoms with Crippen LogP contribution in [0.25, 0.3) is 0 Å². The third-order valence-corrected chi connectivity index (χ3v) is 4.36. The Hall–Kier alpha value is -1.75. The number of fused-ring (bicyclic) bond motifs is 3. The first-order valence-corrected chi connectivity index (χ1v) is 6.76. The minimum absolute atomic E-state index is 0.0321. The van der Waals surface area contributed by atoms with Crippen molar-refractivity contribution in [1.82, 2.24) is 4.90 Å². The Morgan fingerprint density at radius 2 is 2.00 bits per heavy atom. The summed E-state index contributed by atoms with van der Waals surface area (Å²) in [7, 11) is 0. The van der Waals surface area contributed by atoms with Crippen LogP contribution in [0.3, 0.4) is 0 Å². The molecule has 2 bridgehead atoms. The highest BCUT2D eigenvalue weighted by atomic mass is 16.4. The molecule has 3 aliphatic rings. The van der Waals surface area contributed by atoms with Gasteiger partial charge in [-0.25, -0.2) is 4.79 Å². The van der Waals surface area contributed by atoms with Crippen LogP contribution in [0.4, 0.5) is 16.2 Å². The molecule has 102 valence electrons. The van der Waals surface area contributed by atoms with Crippen molar-refractivity contribution in [3.8, 4) is 0 Å². The standard InChI is InChI=1S/C14H19N3O2/c15-11-3-1-2-4-12(11)17(14(18)19)13-9-16-7-5-10(13)6-8-16/h1-4,10,13H,5-9,15H2,(H,18,19). The minimum Gasteiger partial charge on any atom is -0.465 e. The molecule has 0 radical (unpaired) electrons. The summed E-state index contributed by atoms with van der Waals surface area (Å²) < 4.78 is 0. The molecule has 3 N–H and O–H groups in total. The van der Waals surface area contributed by atoms with Crippen molar-refractivity contribution in [1.29, 1.82) is 0 Å². The molecule has 1 atom stereocenters. The molecule has 1 amide bonds. The van der Waals surface area contributed by atoms with Gasteiger partial charge in [-0.05, 0) is 44.0 Å². The van der Waals surface area contributed by atoms with E-state index in [9.17, 15) is 9.90 Å². The zero-order chi connectivity index (χ0) is 13.4. The third kappa shape index (κ3) is 2.14. The van der Waals surface area contributed by atoms with E-state index in [0.29, 0.717) is 17.3 Å². The molecule has 1 unspecified atom stereocenters. The SMILES string of the molecule is Nc1ccccc1N(C(=O)O)C1CN2CCC1CC2. The monoisotopic (exact) mass is 261 g/mol. The number of nitrogens with two attached hydrogens (primary N) is 1. The van der Waals surface area contributed by atoms with Crippen LogP contribution >= 0.6 is 0 Å². The summed E-state index contributed by atoms with van der Waals surface area (Å²) in [5, 5.41) is 9.58. The van der Waals surface area contributed by atoms with E-state index in [0.717, 1.165) is 32.5 Å². The Morgan fingerprint density at radius 1 is 1.32 bits per heavy atom. The molecule has 0 saturated carbocycles. The fourth-order valence-corrected chi connectivity index (χ4v) is 3.36. The lowest BCUT2D eigenvalue weighted by Gasteiger charge is -2.48. The van der Waals surface area contributed by atoms with Crippen molar-refractivity contribution in [3.05, 3.63) is 24.3 Å². The predicted octanol–water partition coefficient (Wildman–Crippen LogP) is 1.85. The number of piperidine rings is 3. The van der Waals surface area contributed by atoms with Gasteiger partial charge in [-0.1, -0.05) is 12.1 Å². The van der Waals surface area contributed by atoms with Crippen molar-refractivity contribution in [2.24, 2.45) is 5.92 Å². The van der Waals surface area contributed by atoms with Crippen LogP contribution in [0, 0.1) is 5.92 Å². The van der Waals surface area contributed by atoms with Crippen molar-refractivity contribution in [2.75, 3.05) is 30.3 Å². The van der Waals surface area contributed by atoms with E-state index >= 15 is 0 Å². The number of carbonyl (C=O) groups is 1. The van der Waals surface area contributed by atoms with Crippen LogP contribution in [0.15, 0.2) is 24.3 Å². The van der Waals surface area contributed by atoms with Gasteiger partial charge >= 0.3 is 6.09 Å². The van der Waals surface area contributed by atoms with E-state index in [2.05, 4.69) is 4.90 Å². The van der Waals surface area contributed by atoms with Crippen LogP contribution in [0.5, 0.6) is 0 Å². The van der Waals surface area contributed by atoms with Crippen LogP contribution in [0.1, 0.15) is 12.8 Å². The van der Waals surface area contributed by atoms with Crippen LogP contribution in [-0.4, -0.2) is 41.8 Å². The first kappa shape index (κ1) is 12.3. The van der Waals surface area contributed by atoms with E-state index < -0.39 is 6.09 Å². The van der Waals surface area contributed by atoms with Gasteiger partial charge in [-0.3, -0.25) is 4.90 Å². The minimum atomic E-state index is -0.906. The van der Waals surface area contributed by atoms with E-state index in [-0.39, 0.29) is 6.04 Å². The fourth-order valence-electron chi connectivity index (χ4n) is 3.36. The molecule has 0 aliphatic carbocycles. The number of para-hydroxylation sites is 2. The van der Waals surface area contributed by atoms with Crippen molar-refractivity contribution in [2.45, 2.75) is 18.9 Å². The van der Waals surface area contributed by atoms with E-state index in [1.165, 1.54) is 4.90 Å². The molecular weight excluding hydrogens is 242 g/mol. The highest BCUT2D eigenvalue weighted by molar-refractivity contribution is 5.91. The molecule has 3 saturated heterocycles. The van der Waals surface area contributed by atoms with Crippen LogP contribution < -0.4 is 10.6 Å². The van der Waals surface area contributed by atoms with Gasteiger partial charge < -0.3 is 15.7 Å². The molecule has 0 aromatic heterocycles. The van der Waals surface area contributed by atoms with Crippen molar-refractivity contribution in [3.63, 3.8) is 0 Å². The lowest BCUT2D eigenvalue weighted by Crippen LogP contribution is -2.58. The number of nitrogens with zero attached hydrogens (tertiary/aromatic N) is 2. The van der Waals surface area contributed by atoms with Gasteiger partial charge in [-0.15, -0.1) is 0 Å². The van der Waals surface area contributed by atoms with Gasteiger partial charge in [0.2, 0.25) is 0 Å². The summed E-state index contributed by atoms with van der Waals surface area (Å²) in [5.74, 6) is 0.459. The number of benzene rings is 1. The van der Waals surface area contributed by atoms with E-state index in [1.54, 1.807) is 12.1 Å². The largest absolute Gasteiger partial charge is 0.465 e. The average Bonchev–Trinajstić information content (AvgIpc) is 2.42. The predicted molar refractivity (Wildman–Crippen MR) is 74.3 cm³/mol. The molecule has 5 nitrogen and oxygen atoms in total. The fraction of sp³-hybridized carbons (Fsp3) is 0.500. The smallest absolute Gasteiger partial charge is 0.412 e. The molecule has 5 heteroatoms.